The maximum Gasteiger partial charge on any atom is 0.451 e. The zero-order valence-corrected chi connectivity index (χ0v) is 8.19. The zero-order chi connectivity index (χ0) is 11.9. The third kappa shape index (κ3) is 6.42. The normalized spacial score (nSPS) is 9.93. The van der Waals surface area contributed by atoms with E-state index < -0.39 is 12.0 Å². The molecule has 0 radical (unpaired) electrons. The number of halogens is 3. The lowest BCUT2D eigenvalue weighted by atomic mass is 10.5. The minimum Gasteiger partial charge on any atom is -0.351 e. The van der Waals surface area contributed by atoms with Crippen molar-refractivity contribution in [1.82, 2.24) is 14.9 Å². The van der Waals surface area contributed by atoms with Gasteiger partial charge in [0.2, 0.25) is 12.2 Å². The Morgan fingerprint density at radius 3 is 1.87 bits per heavy atom. The Hall–Kier alpha value is -1.66. The van der Waals surface area contributed by atoms with Gasteiger partial charge in [0, 0.05) is 26.5 Å². The monoisotopic (exact) mass is 221 g/mol. The van der Waals surface area contributed by atoms with E-state index in [1.807, 2.05) is 0 Å². The van der Waals surface area contributed by atoms with E-state index in [9.17, 15) is 18.0 Å². The Bertz CT molecular complexity index is 287. The van der Waals surface area contributed by atoms with Gasteiger partial charge >= 0.3 is 6.18 Å². The fourth-order valence-corrected chi connectivity index (χ4v) is 0.445. The Balaban J connectivity index is 0.000000336. The second kappa shape index (κ2) is 5.94. The summed E-state index contributed by atoms with van der Waals surface area (Å²) >= 11 is 0. The topological polar surface area (TPSA) is 46.1 Å². The fraction of sp³-hybridized carbons (Fsp3) is 0.375. The molecule has 0 fully saturated rings. The number of hydrogen-bond donors (Lipinski definition) is 0. The SMILES string of the molecule is CN(C)C=O.FC(F)(F)c1ncccn1. The van der Waals surface area contributed by atoms with Gasteiger partial charge in [0.1, 0.15) is 0 Å². The van der Waals surface area contributed by atoms with E-state index in [4.69, 9.17) is 0 Å². The second-order valence-electron chi connectivity index (χ2n) is 2.64. The van der Waals surface area contributed by atoms with Gasteiger partial charge in [-0.05, 0) is 6.07 Å². The third-order valence-corrected chi connectivity index (χ3v) is 1.03. The lowest BCUT2D eigenvalue weighted by molar-refractivity contribution is -0.145. The van der Waals surface area contributed by atoms with Crippen LogP contribution in [0, 0.1) is 0 Å². The summed E-state index contributed by atoms with van der Waals surface area (Å²) in [5, 5.41) is 0. The molecule has 0 unspecified atom stereocenters. The Labute approximate surface area is 84.8 Å². The standard InChI is InChI=1S/C5H3F3N2.C3H7NO/c6-5(7,8)4-9-2-1-3-10-4;1-4(2)3-5/h1-3H;3H,1-2H3. The molecule has 1 amide bonds. The van der Waals surface area contributed by atoms with Gasteiger partial charge < -0.3 is 4.90 Å². The minimum absolute atomic E-state index is 0.750. The van der Waals surface area contributed by atoms with Crippen LogP contribution in [-0.2, 0) is 11.0 Å². The largest absolute Gasteiger partial charge is 0.451 e. The number of rotatable bonds is 1. The molecule has 0 aliphatic carbocycles. The van der Waals surface area contributed by atoms with E-state index in [0.717, 1.165) is 18.8 Å². The Morgan fingerprint density at radius 2 is 1.67 bits per heavy atom. The highest BCUT2D eigenvalue weighted by molar-refractivity contribution is 5.45. The zero-order valence-electron chi connectivity index (χ0n) is 8.19. The van der Waals surface area contributed by atoms with Gasteiger partial charge in [0.15, 0.2) is 0 Å². The van der Waals surface area contributed by atoms with Crippen LogP contribution in [0.5, 0.6) is 0 Å². The van der Waals surface area contributed by atoms with Crippen molar-refractivity contribution in [2.75, 3.05) is 14.1 Å². The molecule has 1 aromatic rings. The first-order chi connectivity index (χ1) is 6.88. The van der Waals surface area contributed by atoms with Crippen molar-refractivity contribution >= 4 is 6.41 Å². The average Bonchev–Trinajstić information content (AvgIpc) is 2.19. The molecule has 1 aromatic heterocycles. The van der Waals surface area contributed by atoms with Crippen molar-refractivity contribution in [2.45, 2.75) is 6.18 Å². The van der Waals surface area contributed by atoms with E-state index in [0.29, 0.717) is 0 Å². The molecule has 0 aromatic carbocycles. The number of carbonyl (C=O) groups excluding carboxylic acids is 1. The van der Waals surface area contributed by atoms with Crippen molar-refractivity contribution in [3.05, 3.63) is 24.3 Å². The lowest BCUT2D eigenvalue weighted by Crippen LogP contribution is -2.09. The second-order valence-corrected chi connectivity index (χ2v) is 2.64. The number of carbonyl (C=O) groups is 1. The van der Waals surface area contributed by atoms with Crippen LogP contribution < -0.4 is 0 Å². The number of nitrogens with zero attached hydrogens (tertiary/aromatic N) is 3. The van der Waals surface area contributed by atoms with Crippen LogP contribution in [0.25, 0.3) is 0 Å². The number of aromatic nitrogens is 2. The first-order valence-electron chi connectivity index (χ1n) is 3.84. The molecular formula is C8H10F3N3O. The number of amides is 1. The lowest BCUT2D eigenvalue weighted by Gasteiger charge is -2.01. The van der Waals surface area contributed by atoms with Gasteiger partial charge in [-0.3, -0.25) is 4.79 Å². The molecule has 0 N–H and O–H groups in total. The van der Waals surface area contributed by atoms with Crippen LogP contribution in [0.3, 0.4) is 0 Å². The van der Waals surface area contributed by atoms with Gasteiger partial charge in [0.25, 0.3) is 0 Å². The summed E-state index contributed by atoms with van der Waals surface area (Å²) in [4.78, 5) is 16.9. The van der Waals surface area contributed by atoms with E-state index in [1.54, 1.807) is 14.1 Å². The molecule has 4 nitrogen and oxygen atoms in total. The van der Waals surface area contributed by atoms with E-state index in [1.165, 1.54) is 11.0 Å². The summed E-state index contributed by atoms with van der Waals surface area (Å²) in [7, 11) is 3.38. The molecule has 0 atom stereocenters. The molecule has 0 bridgehead atoms. The predicted molar refractivity (Wildman–Crippen MR) is 46.8 cm³/mol. The van der Waals surface area contributed by atoms with Crippen LogP contribution in [0.15, 0.2) is 18.5 Å². The molecule has 0 aliphatic rings. The molecule has 0 saturated carbocycles. The van der Waals surface area contributed by atoms with Crippen LogP contribution in [-0.4, -0.2) is 35.4 Å². The summed E-state index contributed by atoms with van der Waals surface area (Å²) in [6.45, 7) is 0. The smallest absolute Gasteiger partial charge is 0.351 e. The molecule has 1 rings (SSSR count). The van der Waals surface area contributed by atoms with E-state index in [2.05, 4.69) is 9.97 Å². The van der Waals surface area contributed by atoms with Gasteiger partial charge in [-0.15, -0.1) is 0 Å². The van der Waals surface area contributed by atoms with Gasteiger partial charge in [-0.2, -0.15) is 13.2 Å². The van der Waals surface area contributed by atoms with Gasteiger partial charge in [-0.25, -0.2) is 9.97 Å². The van der Waals surface area contributed by atoms with Crippen LogP contribution in [0.2, 0.25) is 0 Å². The Kier molecular flexibility index (Phi) is 5.29. The van der Waals surface area contributed by atoms with Crippen molar-refractivity contribution in [3.8, 4) is 0 Å². The Morgan fingerprint density at radius 1 is 1.27 bits per heavy atom. The molecule has 1 heterocycles. The third-order valence-electron chi connectivity index (χ3n) is 1.03. The summed E-state index contributed by atoms with van der Waals surface area (Å²) in [5.74, 6) is -1.10. The van der Waals surface area contributed by atoms with Crippen LogP contribution in [0.4, 0.5) is 13.2 Å². The molecule has 0 saturated heterocycles. The van der Waals surface area contributed by atoms with Crippen molar-refractivity contribution < 1.29 is 18.0 Å². The van der Waals surface area contributed by atoms with E-state index >= 15 is 0 Å². The molecular weight excluding hydrogens is 211 g/mol. The highest BCUT2D eigenvalue weighted by Crippen LogP contribution is 2.24. The van der Waals surface area contributed by atoms with Crippen molar-refractivity contribution in [1.29, 1.82) is 0 Å². The van der Waals surface area contributed by atoms with Gasteiger partial charge in [-0.1, -0.05) is 0 Å². The molecule has 15 heavy (non-hydrogen) atoms. The molecule has 0 aliphatic heterocycles. The highest BCUT2D eigenvalue weighted by atomic mass is 19.4. The van der Waals surface area contributed by atoms with E-state index in [-0.39, 0.29) is 0 Å². The maximum absolute atomic E-state index is 11.7. The maximum atomic E-state index is 11.7. The fourth-order valence-electron chi connectivity index (χ4n) is 0.445. The molecule has 7 heteroatoms. The van der Waals surface area contributed by atoms with Crippen LogP contribution >= 0.6 is 0 Å². The summed E-state index contributed by atoms with van der Waals surface area (Å²) in [6.07, 6.45) is -1.58. The summed E-state index contributed by atoms with van der Waals surface area (Å²) < 4.78 is 35.0. The van der Waals surface area contributed by atoms with Gasteiger partial charge in [0.05, 0.1) is 0 Å². The number of alkyl halides is 3. The summed E-state index contributed by atoms with van der Waals surface area (Å²) in [5.41, 5.74) is 0. The predicted octanol–water partition coefficient (Wildman–Crippen LogP) is 1.20. The first-order valence-corrected chi connectivity index (χ1v) is 3.84. The highest BCUT2D eigenvalue weighted by Gasteiger charge is 2.33. The van der Waals surface area contributed by atoms with Crippen LogP contribution in [0.1, 0.15) is 5.82 Å². The van der Waals surface area contributed by atoms with Crippen molar-refractivity contribution in [3.63, 3.8) is 0 Å². The quantitative estimate of drug-likeness (QED) is 0.669. The molecule has 84 valence electrons. The number of hydrogen-bond acceptors (Lipinski definition) is 3. The average molecular weight is 221 g/mol. The molecule has 0 spiro atoms. The minimum atomic E-state index is -4.43. The summed E-state index contributed by atoms with van der Waals surface area (Å²) in [6, 6.07) is 1.33. The first kappa shape index (κ1) is 13.3. The van der Waals surface area contributed by atoms with Crippen molar-refractivity contribution in [2.24, 2.45) is 0 Å².